The van der Waals surface area contributed by atoms with Gasteiger partial charge in [-0.3, -0.25) is 4.79 Å². The number of ether oxygens (including phenoxy) is 2. The Morgan fingerprint density at radius 1 is 1.19 bits per heavy atom. The first kappa shape index (κ1) is 19.6. The molecule has 3 rings (SSSR count). The van der Waals surface area contributed by atoms with Crippen LogP contribution in [-0.4, -0.2) is 27.8 Å². The van der Waals surface area contributed by atoms with Crippen LogP contribution in [0.15, 0.2) is 4.52 Å². The highest BCUT2D eigenvalue weighted by Crippen LogP contribution is 2.48. The van der Waals surface area contributed by atoms with Crippen LogP contribution in [0.25, 0.3) is 0 Å². The molecule has 3 atom stereocenters. The van der Waals surface area contributed by atoms with E-state index in [9.17, 15) is 9.59 Å². The topological polar surface area (TPSA) is 104 Å². The molecule has 8 nitrogen and oxygen atoms in total. The van der Waals surface area contributed by atoms with Crippen LogP contribution in [0.2, 0.25) is 0 Å². The lowest BCUT2D eigenvalue weighted by molar-refractivity contribution is -0.152. The van der Waals surface area contributed by atoms with E-state index in [0.717, 1.165) is 19.3 Å². The number of hydrogen-bond donors (Lipinski definition) is 1. The van der Waals surface area contributed by atoms with E-state index in [0.29, 0.717) is 17.7 Å². The average Bonchev–Trinajstić information content (AvgIpc) is 3.26. The summed E-state index contributed by atoms with van der Waals surface area (Å²) in [6, 6.07) is 0. The van der Waals surface area contributed by atoms with Crippen LogP contribution in [0.1, 0.15) is 72.0 Å². The first-order chi connectivity index (χ1) is 12.5. The number of alkyl carbamates (subject to hydrolysis) is 1. The number of esters is 1. The molecule has 0 spiro atoms. The Balaban J connectivity index is 1.52. The molecule has 0 saturated heterocycles. The molecular weight excluding hydrogens is 350 g/mol. The fourth-order valence-corrected chi connectivity index (χ4v) is 3.96. The minimum atomic E-state index is -0.890. The van der Waals surface area contributed by atoms with Crippen molar-refractivity contribution >= 4 is 12.1 Å². The summed E-state index contributed by atoms with van der Waals surface area (Å²) in [6.07, 6.45) is 3.88. The van der Waals surface area contributed by atoms with Gasteiger partial charge in [0.2, 0.25) is 0 Å². The minimum Gasteiger partial charge on any atom is -0.455 e. The van der Waals surface area contributed by atoms with Crippen molar-refractivity contribution in [1.82, 2.24) is 15.5 Å². The maximum absolute atomic E-state index is 12.3. The van der Waals surface area contributed by atoms with Crippen LogP contribution in [0.3, 0.4) is 0 Å². The van der Waals surface area contributed by atoms with E-state index >= 15 is 0 Å². The van der Waals surface area contributed by atoms with Gasteiger partial charge in [0.15, 0.2) is 12.4 Å². The molecule has 0 aliphatic heterocycles. The second-order valence-corrected chi connectivity index (χ2v) is 9.15. The minimum absolute atomic E-state index is 0.0106. The molecule has 0 aromatic carbocycles. The van der Waals surface area contributed by atoms with Crippen LogP contribution < -0.4 is 5.32 Å². The zero-order valence-electron chi connectivity index (χ0n) is 16.7. The molecule has 2 aliphatic carbocycles. The highest BCUT2D eigenvalue weighted by atomic mass is 16.6. The molecule has 1 N–H and O–H groups in total. The predicted molar refractivity (Wildman–Crippen MR) is 95.4 cm³/mol. The second kappa shape index (κ2) is 7.13. The van der Waals surface area contributed by atoms with Crippen LogP contribution in [-0.2, 0) is 26.4 Å². The van der Waals surface area contributed by atoms with Crippen molar-refractivity contribution in [2.75, 3.05) is 0 Å². The van der Waals surface area contributed by atoms with Gasteiger partial charge in [-0.15, -0.1) is 0 Å². The van der Waals surface area contributed by atoms with Crippen molar-refractivity contribution in [2.45, 2.75) is 78.0 Å². The van der Waals surface area contributed by atoms with Gasteiger partial charge in [-0.05, 0) is 65.7 Å². The number of rotatable bonds is 5. The Hall–Kier alpha value is -2.12. The van der Waals surface area contributed by atoms with E-state index in [2.05, 4.69) is 15.5 Å². The lowest BCUT2D eigenvalue weighted by Gasteiger charge is -2.26. The Labute approximate surface area is 159 Å². The highest BCUT2D eigenvalue weighted by Gasteiger charge is 2.44. The van der Waals surface area contributed by atoms with E-state index < -0.39 is 17.2 Å². The molecule has 27 heavy (non-hydrogen) atoms. The summed E-state index contributed by atoms with van der Waals surface area (Å²) in [4.78, 5) is 28.5. The van der Waals surface area contributed by atoms with Crippen LogP contribution in [0.4, 0.5) is 4.79 Å². The second-order valence-electron chi connectivity index (χ2n) is 9.15. The van der Waals surface area contributed by atoms with Gasteiger partial charge in [0, 0.05) is 0 Å². The molecular formula is C19H29N3O5. The Morgan fingerprint density at radius 3 is 2.52 bits per heavy atom. The van der Waals surface area contributed by atoms with Crippen molar-refractivity contribution in [1.29, 1.82) is 0 Å². The van der Waals surface area contributed by atoms with Crippen LogP contribution >= 0.6 is 0 Å². The van der Waals surface area contributed by atoms with Gasteiger partial charge in [0.25, 0.3) is 5.89 Å². The van der Waals surface area contributed by atoms with Crippen LogP contribution in [0.5, 0.6) is 0 Å². The number of fused-ring (bicyclic) bond motifs is 2. The molecule has 0 radical (unpaired) electrons. The largest absolute Gasteiger partial charge is 0.455 e. The predicted octanol–water partition coefficient (Wildman–Crippen LogP) is 3.31. The van der Waals surface area contributed by atoms with E-state index in [-0.39, 0.29) is 24.4 Å². The molecule has 150 valence electrons. The fourth-order valence-electron chi connectivity index (χ4n) is 3.96. The smallest absolute Gasteiger partial charge is 0.408 e. The first-order valence-corrected chi connectivity index (χ1v) is 9.54. The molecule has 2 bridgehead atoms. The van der Waals surface area contributed by atoms with E-state index in [4.69, 9.17) is 14.0 Å². The van der Waals surface area contributed by atoms with Crippen molar-refractivity contribution in [3.8, 4) is 0 Å². The number of aromatic nitrogens is 2. The third-order valence-corrected chi connectivity index (χ3v) is 5.22. The summed E-state index contributed by atoms with van der Waals surface area (Å²) in [5.74, 6) is 1.49. The Kier molecular flexibility index (Phi) is 5.18. The number of nitrogens with one attached hydrogen (secondary N) is 1. The zero-order chi connectivity index (χ0) is 19.8. The lowest BCUT2D eigenvalue weighted by atomic mass is 9.89. The third-order valence-electron chi connectivity index (χ3n) is 5.22. The van der Waals surface area contributed by atoms with E-state index in [1.807, 2.05) is 0 Å². The molecule has 8 heteroatoms. The highest BCUT2D eigenvalue weighted by molar-refractivity contribution is 5.73. The van der Waals surface area contributed by atoms with Crippen LogP contribution in [0, 0.1) is 17.8 Å². The molecule has 2 aliphatic rings. The van der Waals surface area contributed by atoms with Gasteiger partial charge >= 0.3 is 12.1 Å². The van der Waals surface area contributed by atoms with Crippen molar-refractivity contribution in [2.24, 2.45) is 17.8 Å². The summed E-state index contributed by atoms with van der Waals surface area (Å²) >= 11 is 0. The summed E-state index contributed by atoms with van der Waals surface area (Å²) in [7, 11) is 0. The van der Waals surface area contributed by atoms with Gasteiger partial charge < -0.3 is 19.3 Å². The maximum Gasteiger partial charge on any atom is 0.408 e. The van der Waals surface area contributed by atoms with E-state index in [1.54, 1.807) is 34.6 Å². The monoisotopic (exact) mass is 379 g/mol. The third kappa shape index (κ3) is 4.78. The normalized spacial score (nSPS) is 24.7. The zero-order valence-corrected chi connectivity index (χ0v) is 16.7. The molecule has 2 fully saturated rings. The van der Waals surface area contributed by atoms with Crippen molar-refractivity contribution in [3.05, 3.63) is 11.7 Å². The number of nitrogens with zero attached hydrogens (tertiary/aromatic N) is 2. The van der Waals surface area contributed by atoms with Gasteiger partial charge in [0.05, 0.1) is 5.92 Å². The molecule has 1 heterocycles. The van der Waals surface area contributed by atoms with E-state index in [1.165, 1.54) is 6.42 Å². The summed E-state index contributed by atoms with van der Waals surface area (Å²) in [5.41, 5.74) is -1.49. The number of amides is 1. The Morgan fingerprint density at radius 2 is 1.93 bits per heavy atom. The first-order valence-electron chi connectivity index (χ1n) is 9.54. The number of carbonyl (C=O) groups is 2. The molecule has 3 unspecified atom stereocenters. The average molecular weight is 379 g/mol. The summed E-state index contributed by atoms with van der Waals surface area (Å²) in [5, 5.41) is 6.62. The standard InChI is InChI=1S/C19H29N3O5/c1-18(2,3)26-17(24)21-19(4,5)16-20-14(27-22-16)10-25-15(23)13-9-11-6-7-12(13)8-11/h11-13H,6-10H2,1-5H3,(H,21,24). The summed E-state index contributed by atoms with van der Waals surface area (Å²) in [6.45, 7) is 8.80. The molecule has 1 amide bonds. The SMILES string of the molecule is CC(C)(C)OC(=O)NC(C)(C)c1noc(COC(=O)C2CC3CCC2C3)n1. The molecule has 2 saturated carbocycles. The maximum atomic E-state index is 12.3. The summed E-state index contributed by atoms with van der Waals surface area (Å²) < 4.78 is 15.8. The van der Waals surface area contributed by atoms with Gasteiger partial charge in [-0.2, -0.15) is 4.98 Å². The fraction of sp³-hybridized carbons (Fsp3) is 0.789. The van der Waals surface area contributed by atoms with Crippen molar-refractivity contribution in [3.63, 3.8) is 0 Å². The van der Waals surface area contributed by atoms with Gasteiger partial charge in [0.1, 0.15) is 11.1 Å². The number of hydrogen-bond acceptors (Lipinski definition) is 7. The lowest BCUT2D eigenvalue weighted by Crippen LogP contribution is -2.44. The van der Waals surface area contributed by atoms with Gasteiger partial charge in [-0.25, -0.2) is 4.79 Å². The molecule has 1 aromatic heterocycles. The quantitative estimate of drug-likeness (QED) is 0.783. The number of carbonyl (C=O) groups excluding carboxylic acids is 2. The van der Waals surface area contributed by atoms with Gasteiger partial charge in [-0.1, -0.05) is 11.6 Å². The molecule has 1 aromatic rings. The van der Waals surface area contributed by atoms with Crippen molar-refractivity contribution < 1.29 is 23.6 Å². The Bertz CT molecular complexity index is 706.